The maximum Gasteiger partial charge on any atom is 0.304 e. The van der Waals surface area contributed by atoms with Crippen molar-refractivity contribution in [1.82, 2.24) is 4.57 Å². The van der Waals surface area contributed by atoms with Crippen molar-refractivity contribution < 1.29 is 14.4 Å². The Morgan fingerprint density at radius 2 is 2.17 bits per heavy atom. The van der Waals surface area contributed by atoms with E-state index in [0.29, 0.717) is 17.8 Å². The minimum atomic E-state index is -0.852. The van der Waals surface area contributed by atoms with Gasteiger partial charge >= 0.3 is 5.69 Å². The van der Waals surface area contributed by atoms with Gasteiger partial charge in [-0.05, 0) is 23.8 Å². The Kier molecular flexibility index (Phi) is 3.38. The lowest BCUT2D eigenvalue weighted by Crippen LogP contribution is -2.04. The van der Waals surface area contributed by atoms with E-state index in [4.69, 9.17) is 5.11 Å². The number of nitrogens with zero attached hydrogens (tertiary/aromatic N) is 2. The lowest BCUT2D eigenvalue weighted by atomic mass is 10.2. The lowest BCUT2D eigenvalue weighted by Gasteiger charge is -2.07. The van der Waals surface area contributed by atoms with Crippen molar-refractivity contribution in [3.05, 3.63) is 63.7 Å². The molecule has 18 heavy (non-hydrogen) atoms. The van der Waals surface area contributed by atoms with Crippen LogP contribution >= 0.6 is 0 Å². The first kappa shape index (κ1) is 12.3. The van der Waals surface area contributed by atoms with Crippen LogP contribution in [0.3, 0.4) is 0 Å². The van der Waals surface area contributed by atoms with Crippen molar-refractivity contribution in [2.24, 2.45) is 0 Å². The van der Waals surface area contributed by atoms with Crippen LogP contribution in [0.25, 0.3) is 0 Å². The van der Waals surface area contributed by atoms with Gasteiger partial charge in [0.05, 0.1) is 11.5 Å². The topological polar surface area (TPSA) is 68.3 Å². The third-order valence-corrected chi connectivity index (χ3v) is 2.65. The summed E-state index contributed by atoms with van der Waals surface area (Å²) in [6.07, 6.45) is 1.75. The number of nitro benzene ring substituents is 1. The molecule has 0 aliphatic carbocycles. The number of aliphatic hydroxyl groups excluding tert-OH is 1. The van der Waals surface area contributed by atoms with Crippen molar-refractivity contribution in [3.63, 3.8) is 0 Å². The highest BCUT2D eigenvalue weighted by Gasteiger charge is 2.13. The van der Waals surface area contributed by atoms with E-state index < -0.39 is 16.4 Å². The summed E-state index contributed by atoms with van der Waals surface area (Å²) in [5, 5.41) is 19.6. The van der Waals surface area contributed by atoms with E-state index in [0.717, 1.165) is 12.1 Å². The fourth-order valence-electron chi connectivity index (χ4n) is 1.74. The highest BCUT2D eigenvalue weighted by Crippen LogP contribution is 2.19. The van der Waals surface area contributed by atoms with Gasteiger partial charge in [0.25, 0.3) is 0 Å². The SMILES string of the molecule is O=[N+]([O-])c1ccc(Cn2cccc2CO)cc1F. The highest BCUT2D eigenvalue weighted by molar-refractivity contribution is 5.35. The van der Waals surface area contributed by atoms with E-state index in [1.54, 1.807) is 22.9 Å². The second-order valence-corrected chi connectivity index (χ2v) is 3.83. The van der Waals surface area contributed by atoms with Gasteiger partial charge in [-0.1, -0.05) is 6.07 Å². The van der Waals surface area contributed by atoms with Crippen LogP contribution < -0.4 is 0 Å². The van der Waals surface area contributed by atoms with Crippen LogP contribution in [0.1, 0.15) is 11.3 Å². The van der Waals surface area contributed by atoms with Crippen molar-refractivity contribution in [3.8, 4) is 0 Å². The number of aromatic nitrogens is 1. The molecule has 0 amide bonds. The smallest absolute Gasteiger partial charge is 0.304 e. The number of hydrogen-bond acceptors (Lipinski definition) is 3. The zero-order chi connectivity index (χ0) is 13.1. The zero-order valence-corrected chi connectivity index (χ0v) is 9.41. The van der Waals surface area contributed by atoms with E-state index in [1.165, 1.54) is 6.07 Å². The van der Waals surface area contributed by atoms with Crippen molar-refractivity contribution >= 4 is 5.69 Å². The number of nitro groups is 1. The van der Waals surface area contributed by atoms with Gasteiger partial charge in [0.15, 0.2) is 0 Å². The van der Waals surface area contributed by atoms with Gasteiger partial charge in [0.2, 0.25) is 5.82 Å². The summed E-state index contributed by atoms with van der Waals surface area (Å²) in [5.41, 5.74) is 0.770. The molecule has 2 rings (SSSR count). The molecule has 2 aromatic rings. The van der Waals surface area contributed by atoms with Gasteiger partial charge in [-0.25, -0.2) is 0 Å². The molecule has 0 bridgehead atoms. The Morgan fingerprint density at radius 1 is 1.39 bits per heavy atom. The van der Waals surface area contributed by atoms with Crippen LogP contribution in [0.15, 0.2) is 36.5 Å². The molecular formula is C12H11FN2O3. The molecule has 0 atom stereocenters. The van der Waals surface area contributed by atoms with E-state index >= 15 is 0 Å². The second-order valence-electron chi connectivity index (χ2n) is 3.83. The summed E-state index contributed by atoms with van der Waals surface area (Å²) in [5.74, 6) is -0.852. The van der Waals surface area contributed by atoms with Crippen LogP contribution in [0.2, 0.25) is 0 Å². The average Bonchev–Trinajstić information content (AvgIpc) is 2.76. The van der Waals surface area contributed by atoms with Gasteiger partial charge in [-0.15, -0.1) is 0 Å². The van der Waals surface area contributed by atoms with Crippen LogP contribution in [0, 0.1) is 15.9 Å². The van der Waals surface area contributed by atoms with Gasteiger partial charge in [0.1, 0.15) is 0 Å². The molecule has 0 saturated carbocycles. The molecule has 0 spiro atoms. The largest absolute Gasteiger partial charge is 0.390 e. The molecule has 1 aromatic heterocycles. The molecule has 0 aliphatic heterocycles. The molecule has 1 aromatic carbocycles. The van der Waals surface area contributed by atoms with E-state index in [9.17, 15) is 14.5 Å². The second kappa shape index (κ2) is 4.97. The Labute approximate surface area is 102 Å². The Hall–Kier alpha value is -2.21. The van der Waals surface area contributed by atoms with Gasteiger partial charge < -0.3 is 9.67 Å². The van der Waals surface area contributed by atoms with Gasteiger partial charge in [-0.3, -0.25) is 10.1 Å². The molecule has 0 radical (unpaired) electrons. The van der Waals surface area contributed by atoms with Crippen LogP contribution in [0.4, 0.5) is 10.1 Å². The van der Waals surface area contributed by atoms with Gasteiger partial charge in [-0.2, -0.15) is 4.39 Å². The molecule has 0 unspecified atom stereocenters. The van der Waals surface area contributed by atoms with Crippen molar-refractivity contribution in [2.75, 3.05) is 0 Å². The summed E-state index contributed by atoms with van der Waals surface area (Å²) in [6, 6.07) is 7.31. The molecular weight excluding hydrogens is 239 g/mol. The first-order valence-corrected chi connectivity index (χ1v) is 5.29. The maximum atomic E-state index is 13.4. The number of hydrogen-bond donors (Lipinski definition) is 1. The fourth-order valence-corrected chi connectivity index (χ4v) is 1.74. The van der Waals surface area contributed by atoms with Crippen LogP contribution in [-0.4, -0.2) is 14.6 Å². The molecule has 94 valence electrons. The summed E-state index contributed by atoms with van der Waals surface area (Å²) in [6.45, 7) is 0.250. The standard InChI is InChI=1S/C12H11FN2O3/c13-11-6-9(3-4-12(11)15(17)18)7-14-5-1-2-10(14)8-16/h1-6,16H,7-8H2. The third-order valence-electron chi connectivity index (χ3n) is 2.65. The number of aliphatic hydroxyl groups is 1. The minimum absolute atomic E-state index is 0.109. The molecule has 0 saturated heterocycles. The first-order valence-electron chi connectivity index (χ1n) is 5.29. The van der Waals surface area contributed by atoms with Gasteiger partial charge in [0, 0.05) is 24.5 Å². The summed E-state index contributed by atoms with van der Waals surface area (Å²) >= 11 is 0. The first-order chi connectivity index (χ1) is 8.61. The number of benzene rings is 1. The maximum absolute atomic E-state index is 13.4. The monoisotopic (exact) mass is 250 g/mol. The molecule has 6 heteroatoms. The summed E-state index contributed by atoms with van der Waals surface area (Å²) < 4.78 is 15.2. The predicted octanol–water partition coefficient (Wildman–Crippen LogP) is 2.08. The molecule has 0 fully saturated rings. The molecule has 1 heterocycles. The van der Waals surface area contributed by atoms with E-state index in [-0.39, 0.29) is 6.61 Å². The average molecular weight is 250 g/mol. The van der Waals surface area contributed by atoms with E-state index in [2.05, 4.69) is 0 Å². The molecule has 1 N–H and O–H groups in total. The third kappa shape index (κ3) is 2.38. The van der Waals surface area contributed by atoms with Crippen LogP contribution in [-0.2, 0) is 13.2 Å². The number of halogens is 1. The Morgan fingerprint density at radius 3 is 2.78 bits per heavy atom. The van der Waals surface area contributed by atoms with E-state index in [1.807, 2.05) is 0 Å². The Balaban J connectivity index is 2.25. The summed E-state index contributed by atoms with van der Waals surface area (Å²) in [7, 11) is 0. The summed E-state index contributed by atoms with van der Waals surface area (Å²) in [4.78, 5) is 9.72. The van der Waals surface area contributed by atoms with Crippen molar-refractivity contribution in [2.45, 2.75) is 13.2 Å². The zero-order valence-electron chi connectivity index (χ0n) is 9.41. The predicted molar refractivity (Wildman–Crippen MR) is 62.5 cm³/mol. The molecule has 0 aliphatic rings. The van der Waals surface area contributed by atoms with Crippen LogP contribution in [0.5, 0.6) is 0 Å². The molecule has 5 nitrogen and oxygen atoms in total. The Bertz CT molecular complexity index is 580. The quantitative estimate of drug-likeness (QED) is 0.667. The normalized spacial score (nSPS) is 10.6. The minimum Gasteiger partial charge on any atom is -0.390 e. The highest BCUT2D eigenvalue weighted by atomic mass is 19.1. The fraction of sp³-hybridized carbons (Fsp3) is 0.167. The lowest BCUT2D eigenvalue weighted by molar-refractivity contribution is -0.387. The number of rotatable bonds is 4. The van der Waals surface area contributed by atoms with Crippen molar-refractivity contribution in [1.29, 1.82) is 0 Å².